The van der Waals surface area contributed by atoms with Crippen LogP contribution in [0, 0.1) is 11.6 Å². The van der Waals surface area contributed by atoms with E-state index in [1.165, 1.54) is 13.2 Å². The van der Waals surface area contributed by atoms with Crippen LogP contribution in [0.5, 0.6) is 0 Å². The van der Waals surface area contributed by atoms with Crippen molar-refractivity contribution in [3.63, 3.8) is 0 Å². The minimum atomic E-state index is -4.66. The van der Waals surface area contributed by atoms with Gasteiger partial charge in [-0.2, -0.15) is 13.2 Å². The van der Waals surface area contributed by atoms with Gasteiger partial charge in [0.1, 0.15) is 17.2 Å². The molecule has 186 valence electrons. The molecular formula is C20H21F5N4O4S. The van der Waals surface area contributed by atoms with Crippen LogP contribution in [0.15, 0.2) is 30.3 Å². The van der Waals surface area contributed by atoms with Gasteiger partial charge in [-0.1, -0.05) is 0 Å². The minimum absolute atomic E-state index is 0.00826. The number of pyridine rings is 1. The molecule has 2 rings (SSSR count). The first-order valence-electron chi connectivity index (χ1n) is 9.53. The van der Waals surface area contributed by atoms with E-state index in [0.717, 1.165) is 36.6 Å². The predicted molar refractivity (Wildman–Crippen MR) is 115 cm³/mol. The molecule has 0 atom stereocenters. The summed E-state index contributed by atoms with van der Waals surface area (Å²) in [5.41, 5.74) is -1.77. The first-order valence-corrected chi connectivity index (χ1v) is 11.4. The Morgan fingerprint density at radius 2 is 1.82 bits per heavy atom. The fourth-order valence-electron chi connectivity index (χ4n) is 2.60. The molecule has 1 aromatic heterocycles. The summed E-state index contributed by atoms with van der Waals surface area (Å²) in [5, 5.41) is 5.05. The van der Waals surface area contributed by atoms with Crippen molar-refractivity contribution in [2.24, 2.45) is 0 Å². The predicted octanol–water partition coefficient (Wildman–Crippen LogP) is 3.14. The van der Waals surface area contributed by atoms with E-state index in [1.807, 2.05) is 0 Å². The number of nitrogens with zero attached hydrogens (tertiary/aromatic N) is 1. The summed E-state index contributed by atoms with van der Waals surface area (Å²) in [6.07, 6.45) is -1.69. The van der Waals surface area contributed by atoms with Gasteiger partial charge in [-0.3, -0.25) is 9.52 Å². The summed E-state index contributed by atoms with van der Waals surface area (Å²) in [7, 11) is -2.49. The molecule has 0 aliphatic rings. The lowest BCUT2D eigenvalue weighted by molar-refractivity contribution is -0.141. The van der Waals surface area contributed by atoms with E-state index in [1.54, 1.807) is 4.72 Å². The van der Waals surface area contributed by atoms with Crippen molar-refractivity contribution in [1.29, 1.82) is 0 Å². The topological polar surface area (TPSA) is 109 Å². The zero-order chi connectivity index (χ0) is 25.5. The van der Waals surface area contributed by atoms with Gasteiger partial charge in [0.05, 0.1) is 12.9 Å². The fraction of sp³-hybridized carbons (Fsp3) is 0.300. The Morgan fingerprint density at radius 3 is 2.38 bits per heavy atom. The van der Waals surface area contributed by atoms with Crippen LogP contribution in [0.1, 0.15) is 16.8 Å². The molecule has 0 spiro atoms. The third kappa shape index (κ3) is 8.26. The number of carbonyl (C=O) groups excluding carboxylic acids is 1. The maximum Gasteiger partial charge on any atom is 0.433 e. The van der Waals surface area contributed by atoms with Crippen LogP contribution in [0.4, 0.5) is 33.5 Å². The highest BCUT2D eigenvalue weighted by Crippen LogP contribution is 2.30. The molecule has 14 heteroatoms. The number of hydrogen-bond acceptors (Lipinski definition) is 6. The van der Waals surface area contributed by atoms with Crippen molar-refractivity contribution in [1.82, 2.24) is 10.3 Å². The molecule has 0 aliphatic carbocycles. The quantitative estimate of drug-likeness (QED) is 0.259. The molecule has 0 unspecified atom stereocenters. The number of halogens is 5. The highest BCUT2D eigenvalue weighted by molar-refractivity contribution is 7.92. The summed E-state index contributed by atoms with van der Waals surface area (Å²) < 4.78 is 95.8. The number of methoxy groups -OCH3 is 1. The third-order valence-corrected chi connectivity index (χ3v) is 4.66. The molecule has 1 aromatic carbocycles. The SMILES string of the molecule is COCCNc1nc(C(F)(F)F)ccc1/C=C\C(=O)NCc1cc(F)c(NS(C)(=O)=O)c(F)c1. The average Bonchev–Trinajstić information content (AvgIpc) is 2.72. The summed E-state index contributed by atoms with van der Waals surface area (Å²) in [6, 6.07) is 3.58. The van der Waals surface area contributed by atoms with Crippen molar-refractivity contribution in [2.75, 3.05) is 36.6 Å². The lowest BCUT2D eigenvalue weighted by Gasteiger charge is -2.12. The van der Waals surface area contributed by atoms with Gasteiger partial charge >= 0.3 is 6.18 Å². The van der Waals surface area contributed by atoms with Crippen molar-refractivity contribution in [3.8, 4) is 0 Å². The number of benzene rings is 1. The maximum atomic E-state index is 14.0. The van der Waals surface area contributed by atoms with E-state index in [9.17, 15) is 35.2 Å². The summed E-state index contributed by atoms with van der Waals surface area (Å²) >= 11 is 0. The molecule has 0 radical (unpaired) electrons. The number of amides is 1. The number of rotatable bonds is 10. The number of sulfonamides is 1. The molecular weight excluding hydrogens is 487 g/mol. The van der Waals surface area contributed by atoms with Crippen molar-refractivity contribution in [2.45, 2.75) is 12.7 Å². The molecule has 1 heterocycles. The monoisotopic (exact) mass is 508 g/mol. The van der Waals surface area contributed by atoms with Crippen LogP contribution in [0.3, 0.4) is 0 Å². The van der Waals surface area contributed by atoms with E-state index in [2.05, 4.69) is 15.6 Å². The van der Waals surface area contributed by atoms with Gasteiger partial charge in [-0.15, -0.1) is 0 Å². The second-order valence-corrected chi connectivity index (χ2v) is 8.66. The van der Waals surface area contributed by atoms with Crippen molar-refractivity contribution >= 4 is 33.5 Å². The molecule has 3 N–H and O–H groups in total. The molecule has 8 nitrogen and oxygen atoms in total. The normalized spacial score (nSPS) is 12.1. The Morgan fingerprint density at radius 1 is 1.18 bits per heavy atom. The van der Waals surface area contributed by atoms with Gasteiger partial charge in [0.25, 0.3) is 0 Å². The second-order valence-electron chi connectivity index (χ2n) is 6.91. The number of anilines is 2. The number of ether oxygens (including phenoxy) is 1. The van der Waals surface area contributed by atoms with E-state index < -0.39 is 45.1 Å². The number of nitrogens with one attached hydrogen (secondary N) is 3. The lowest BCUT2D eigenvalue weighted by Crippen LogP contribution is -2.21. The molecule has 0 fully saturated rings. The largest absolute Gasteiger partial charge is 0.433 e. The minimum Gasteiger partial charge on any atom is -0.383 e. The summed E-state index contributed by atoms with van der Waals surface area (Å²) in [6.45, 7) is 0.0622. The van der Waals surface area contributed by atoms with Crippen LogP contribution < -0.4 is 15.4 Å². The van der Waals surface area contributed by atoms with Crippen LogP contribution in [-0.2, 0) is 32.3 Å². The molecule has 0 aliphatic heterocycles. The van der Waals surface area contributed by atoms with Gasteiger partial charge in [0.15, 0.2) is 11.6 Å². The summed E-state index contributed by atoms with van der Waals surface area (Å²) in [4.78, 5) is 15.6. The molecule has 34 heavy (non-hydrogen) atoms. The standard InChI is InChI=1S/C20H21F5N4O4S/c1-33-8-7-26-19-13(3-5-16(28-19)20(23,24)25)4-6-17(30)27-11-12-9-14(21)18(15(22)10-12)29-34(2,31)32/h3-6,9-10,29H,7-8,11H2,1-2H3,(H,26,28)(H,27,30)/b6-4-. The smallest absolute Gasteiger partial charge is 0.383 e. The Labute approximate surface area is 192 Å². The van der Waals surface area contributed by atoms with Crippen LogP contribution in [-0.4, -0.2) is 45.8 Å². The second kappa shape index (κ2) is 11.2. The molecule has 1 amide bonds. The lowest BCUT2D eigenvalue weighted by atomic mass is 10.2. The van der Waals surface area contributed by atoms with Gasteiger partial charge in [-0.25, -0.2) is 22.2 Å². The van der Waals surface area contributed by atoms with Gasteiger partial charge in [0, 0.05) is 31.8 Å². The molecule has 0 bridgehead atoms. The van der Waals surface area contributed by atoms with E-state index in [0.29, 0.717) is 0 Å². The van der Waals surface area contributed by atoms with E-state index in [-0.39, 0.29) is 36.6 Å². The van der Waals surface area contributed by atoms with E-state index in [4.69, 9.17) is 4.74 Å². The number of carbonyl (C=O) groups is 1. The average molecular weight is 508 g/mol. The van der Waals surface area contributed by atoms with Crippen LogP contribution in [0.2, 0.25) is 0 Å². The summed E-state index contributed by atoms with van der Waals surface area (Å²) in [5.74, 6) is -3.17. The number of aromatic nitrogens is 1. The number of hydrogen-bond donors (Lipinski definition) is 3. The zero-order valence-corrected chi connectivity index (χ0v) is 18.8. The number of alkyl halides is 3. The third-order valence-electron chi connectivity index (χ3n) is 4.09. The molecule has 0 saturated heterocycles. The Balaban J connectivity index is 2.11. The van der Waals surface area contributed by atoms with Crippen LogP contribution >= 0.6 is 0 Å². The molecule has 0 saturated carbocycles. The highest BCUT2D eigenvalue weighted by Gasteiger charge is 2.33. The highest BCUT2D eigenvalue weighted by atomic mass is 32.2. The van der Waals surface area contributed by atoms with Gasteiger partial charge in [0.2, 0.25) is 15.9 Å². The van der Waals surface area contributed by atoms with Crippen molar-refractivity contribution < 1.29 is 39.9 Å². The van der Waals surface area contributed by atoms with Crippen LogP contribution in [0.25, 0.3) is 6.08 Å². The fourth-order valence-corrected chi connectivity index (χ4v) is 3.17. The Hall–Kier alpha value is -3.26. The van der Waals surface area contributed by atoms with E-state index >= 15 is 0 Å². The van der Waals surface area contributed by atoms with Crippen molar-refractivity contribution in [3.05, 3.63) is 58.8 Å². The van der Waals surface area contributed by atoms with Gasteiger partial charge in [-0.05, 0) is 35.9 Å². The van der Waals surface area contributed by atoms with Gasteiger partial charge < -0.3 is 15.4 Å². The first kappa shape index (κ1) is 27.0. The molecule has 2 aromatic rings. The Kier molecular flexibility index (Phi) is 8.93. The first-order chi connectivity index (χ1) is 15.8. The zero-order valence-electron chi connectivity index (χ0n) is 18.0. The maximum absolute atomic E-state index is 14.0. The Bertz CT molecular complexity index is 1150.